The molecule has 1 atom stereocenters. The van der Waals surface area contributed by atoms with Gasteiger partial charge in [-0.2, -0.15) is 0 Å². The highest BCUT2D eigenvalue weighted by molar-refractivity contribution is 9.10. The van der Waals surface area contributed by atoms with Crippen molar-refractivity contribution in [3.63, 3.8) is 0 Å². The maximum atomic E-state index is 5.19. The topological polar surface area (TPSA) is 21.3 Å². The molecule has 0 fully saturated rings. The van der Waals surface area contributed by atoms with Gasteiger partial charge in [0.15, 0.2) is 0 Å². The minimum Gasteiger partial charge on any atom is -0.497 e. The molecule has 0 radical (unpaired) electrons. The van der Waals surface area contributed by atoms with Gasteiger partial charge in [-0.3, -0.25) is 0 Å². The van der Waals surface area contributed by atoms with Gasteiger partial charge in [-0.25, -0.2) is 0 Å². The van der Waals surface area contributed by atoms with Crippen LogP contribution in [0.25, 0.3) is 0 Å². The Kier molecular flexibility index (Phi) is 5.95. The fourth-order valence-corrected chi connectivity index (χ4v) is 3.57. The second-order valence-electron chi connectivity index (χ2n) is 4.38. The molecule has 4 heteroatoms. The van der Waals surface area contributed by atoms with Gasteiger partial charge in [0.1, 0.15) is 5.75 Å². The summed E-state index contributed by atoms with van der Waals surface area (Å²) in [5.41, 5.74) is 1.27. The van der Waals surface area contributed by atoms with Crippen molar-refractivity contribution in [3.8, 4) is 5.75 Å². The van der Waals surface area contributed by atoms with Crippen molar-refractivity contribution in [2.45, 2.75) is 10.9 Å². The molecule has 0 aromatic heterocycles. The van der Waals surface area contributed by atoms with E-state index in [-0.39, 0.29) is 0 Å². The maximum absolute atomic E-state index is 5.19. The summed E-state index contributed by atoms with van der Waals surface area (Å²) >= 11 is 5.35. The zero-order valence-electron chi connectivity index (χ0n) is 11.6. The summed E-state index contributed by atoms with van der Waals surface area (Å²) in [6.07, 6.45) is 0. The van der Waals surface area contributed by atoms with Crippen LogP contribution in [0, 0.1) is 0 Å². The number of methoxy groups -OCH3 is 1. The first-order chi connectivity index (χ1) is 9.72. The zero-order chi connectivity index (χ0) is 14.4. The molecule has 0 saturated heterocycles. The van der Waals surface area contributed by atoms with Crippen LogP contribution >= 0.6 is 27.7 Å². The molecule has 0 amide bonds. The van der Waals surface area contributed by atoms with E-state index < -0.39 is 0 Å². The van der Waals surface area contributed by atoms with Crippen molar-refractivity contribution >= 4 is 27.7 Å². The molecule has 1 N–H and O–H groups in total. The van der Waals surface area contributed by atoms with Gasteiger partial charge in [0.25, 0.3) is 0 Å². The van der Waals surface area contributed by atoms with Crippen LogP contribution in [0.1, 0.15) is 11.6 Å². The number of ether oxygens (including phenoxy) is 1. The first-order valence-corrected chi connectivity index (χ1v) is 8.20. The Morgan fingerprint density at radius 3 is 2.55 bits per heavy atom. The second-order valence-corrected chi connectivity index (χ2v) is 6.39. The van der Waals surface area contributed by atoms with Gasteiger partial charge in [-0.05, 0) is 42.9 Å². The van der Waals surface area contributed by atoms with Gasteiger partial charge < -0.3 is 10.1 Å². The van der Waals surface area contributed by atoms with Crippen LogP contribution in [0.3, 0.4) is 0 Å². The second kappa shape index (κ2) is 7.72. The quantitative estimate of drug-likeness (QED) is 0.773. The van der Waals surface area contributed by atoms with Gasteiger partial charge in [-0.15, -0.1) is 11.8 Å². The van der Waals surface area contributed by atoms with Gasteiger partial charge in [0.05, 0.1) is 7.11 Å². The van der Waals surface area contributed by atoms with Crippen LogP contribution in [0.5, 0.6) is 5.75 Å². The molecule has 0 heterocycles. The lowest BCUT2D eigenvalue weighted by molar-refractivity contribution is 0.414. The standard InChI is InChI=1S/C16H18BrNOS/c1-18-16(12-6-8-14(19-2)9-7-12)11-20-15-5-3-4-13(17)10-15/h3-10,16,18H,11H2,1-2H3. The number of hydrogen-bond donors (Lipinski definition) is 1. The third-order valence-electron chi connectivity index (χ3n) is 3.08. The van der Waals surface area contributed by atoms with Crippen LogP contribution in [0.4, 0.5) is 0 Å². The van der Waals surface area contributed by atoms with E-state index in [1.807, 2.05) is 37.0 Å². The van der Waals surface area contributed by atoms with E-state index in [9.17, 15) is 0 Å². The Balaban J connectivity index is 2.01. The molecule has 2 rings (SSSR count). The number of hydrogen-bond acceptors (Lipinski definition) is 3. The van der Waals surface area contributed by atoms with Crippen LogP contribution < -0.4 is 10.1 Å². The number of nitrogens with one attached hydrogen (secondary N) is 1. The van der Waals surface area contributed by atoms with Gasteiger partial charge in [0.2, 0.25) is 0 Å². The van der Waals surface area contributed by atoms with Crippen LogP contribution in [-0.4, -0.2) is 19.9 Å². The first-order valence-electron chi connectivity index (χ1n) is 6.42. The molecule has 2 nitrogen and oxygen atoms in total. The highest BCUT2D eigenvalue weighted by Gasteiger charge is 2.10. The third-order valence-corrected chi connectivity index (χ3v) is 4.66. The van der Waals surface area contributed by atoms with E-state index in [1.54, 1.807) is 7.11 Å². The van der Waals surface area contributed by atoms with Crippen molar-refractivity contribution in [3.05, 3.63) is 58.6 Å². The smallest absolute Gasteiger partial charge is 0.118 e. The van der Waals surface area contributed by atoms with Crippen LogP contribution in [0.15, 0.2) is 57.9 Å². The SMILES string of the molecule is CNC(CSc1cccc(Br)c1)c1ccc(OC)cc1. The van der Waals surface area contributed by atoms with Gasteiger partial charge >= 0.3 is 0 Å². The normalized spacial score (nSPS) is 12.2. The number of thioether (sulfide) groups is 1. The van der Waals surface area contributed by atoms with E-state index in [0.29, 0.717) is 6.04 Å². The lowest BCUT2D eigenvalue weighted by Crippen LogP contribution is -2.18. The van der Waals surface area contributed by atoms with E-state index in [1.165, 1.54) is 10.5 Å². The van der Waals surface area contributed by atoms with E-state index >= 15 is 0 Å². The van der Waals surface area contributed by atoms with Crippen molar-refractivity contribution in [1.29, 1.82) is 0 Å². The minimum atomic E-state index is 0.324. The molecule has 106 valence electrons. The van der Waals surface area contributed by atoms with Gasteiger partial charge in [0, 0.05) is 21.2 Å². The Hall–Kier alpha value is -0.970. The van der Waals surface area contributed by atoms with Crippen LogP contribution in [-0.2, 0) is 0 Å². The summed E-state index contributed by atoms with van der Waals surface area (Å²) in [7, 11) is 3.68. The summed E-state index contributed by atoms with van der Waals surface area (Å²) in [6, 6.07) is 16.9. The molecular weight excluding hydrogens is 334 g/mol. The molecule has 0 saturated carbocycles. The Bertz CT molecular complexity index is 544. The van der Waals surface area contributed by atoms with E-state index in [2.05, 4.69) is 51.6 Å². The Morgan fingerprint density at radius 2 is 1.95 bits per heavy atom. The lowest BCUT2D eigenvalue weighted by Gasteiger charge is -2.16. The average Bonchev–Trinajstić information content (AvgIpc) is 2.48. The lowest BCUT2D eigenvalue weighted by atomic mass is 10.1. The highest BCUT2D eigenvalue weighted by atomic mass is 79.9. The van der Waals surface area contributed by atoms with Crippen molar-refractivity contribution in [2.24, 2.45) is 0 Å². The third kappa shape index (κ3) is 4.27. The molecule has 20 heavy (non-hydrogen) atoms. The van der Waals surface area contributed by atoms with E-state index in [4.69, 9.17) is 4.74 Å². The molecule has 0 aliphatic rings. The summed E-state index contributed by atoms with van der Waals surface area (Å²) in [4.78, 5) is 1.27. The van der Waals surface area contributed by atoms with Crippen molar-refractivity contribution in [1.82, 2.24) is 5.32 Å². The number of halogens is 1. The molecule has 0 bridgehead atoms. The molecule has 2 aromatic rings. The zero-order valence-corrected chi connectivity index (χ0v) is 14.0. The summed E-state index contributed by atoms with van der Waals surface area (Å²) < 4.78 is 6.31. The van der Waals surface area contributed by atoms with Crippen LogP contribution in [0.2, 0.25) is 0 Å². The summed E-state index contributed by atoms with van der Waals surface area (Å²) in [5.74, 6) is 1.88. The van der Waals surface area contributed by atoms with E-state index in [0.717, 1.165) is 16.0 Å². The fraction of sp³-hybridized carbons (Fsp3) is 0.250. The Morgan fingerprint density at radius 1 is 1.20 bits per heavy atom. The molecule has 1 unspecified atom stereocenters. The minimum absolute atomic E-state index is 0.324. The first kappa shape index (κ1) is 15.4. The predicted molar refractivity (Wildman–Crippen MR) is 89.7 cm³/mol. The molecule has 0 spiro atoms. The molecule has 0 aliphatic heterocycles. The highest BCUT2D eigenvalue weighted by Crippen LogP contribution is 2.27. The summed E-state index contributed by atoms with van der Waals surface area (Å²) in [5, 5.41) is 3.37. The summed E-state index contributed by atoms with van der Waals surface area (Å²) in [6.45, 7) is 0. The van der Waals surface area contributed by atoms with Crippen molar-refractivity contribution < 1.29 is 4.74 Å². The molecule has 2 aromatic carbocycles. The number of benzene rings is 2. The molecular formula is C16H18BrNOS. The fourth-order valence-electron chi connectivity index (χ4n) is 1.92. The molecule has 0 aliphatic carbocycles. The average molecular weight is 352 g/mol. The maximum Gasteiger partial charge on any atom is 0.118 e. The predicted octanol–water partition coefficient (Wildman–Crippen LogP) is 4.51. The monoisotopic (exact) mass is 351 g/mol. The Labute approximate surface area is 133 Å². The van der Waals surface area contributed by atoms with Gasteiger partial charge in [-0.1, -0.05) is 34.1 Å². The largest absolute Gasteiger partial charge is 0.497 e. The van der Waals surface area contributed by atoms with Crippen molar-refractivity contribution in [2.75, 3.05) is 19.9 Å². The number of rotatable bonds is 6.